The van der Waals surface area contributed by atoms with Crippen LogP contribution in [0.3, 0.4) is 0 Å². The third kappa shape index (κ3) is 4.28. The van der Waals surface area contributed by atoms with Crippen molar-refractivity contribution in [2.24, 2.45) is 0 Å². The number of carbonyl (C=O) groups is 2. The van der Waals surface area contributed by atoms with Crippen LogP contribution >= 0.6 is 15.9 Å². The van der Waals surface area contributed by atoms with Gasteiger partial charge in [0.05, 0.1) is 0 Å². The van der Waals surface area contributed by atoms with Crippen LogP contribution < -0.4 is 16.2 Å². The second kappa shape index (κ2) is 8.30. The van der Waals surface area contributed by atoms with Crippen molar-refractivity contribution in [1.82, 2.24) is 9.97 Å². The summed E-state index contributed by atoms with van der Waals surface area (Å²) in [7, 11) is 0. The molecule has 0 aliphatic carbocycles. The molecule has 2 aromatic heterocycles. The molecule has 148 valence electrons. The summed E-state index contributed by atoms with van der Waals surface area (Å²) in [5, 5.41) is 6.58. The Morgan fingerprint density at radius 1 is 0.900 bits per heavy atom. The number of benzene rings is 2. The quantitative estimate of drug-likeness (QED) is 0.422. The number of H-pyrrole nitrogens is 1. The molecular formula is C22H15BrN4O3. The van der Waals surface area contributed by atoms with Crippen LogP contribution in [-0.4, -0.2) is 21.8 Å². The van der Waals surface area contributed by atoms with Crippen LogP contribution in [-0.2, 0) is 0 Å². The van der Waals surface area contributed by atoms with Crippen molar-refractivity contribution in [3.05, 3.63) is 99.0 Å². The van der Waals surface area contributed by atoms with Crippen molar-refractivity contribution in [1.29, 1.82) is 0 Å². The Kier molecular flexibility index (Phi) is 5.40. The monoisotopic (exact) mass is 462 g/mol. The predicted octanol–water partition coefficient (Wildman–Crippen LogP) is 4.19. The number of hydrogen-bond acceptors (Lipinski definition) is 4. The van der Waals surface area contributed by atoms with Gasteiger partial charge in [0.25, 0.3) is 17.4 Å². The van der Waals surface area contributed by atoms with E-state index in [4.69, 9.17) is 0 Å². The van der Waals surface area contributed by atoms with Crippen LogP contribution in [0.1, 0.15) is 20.8 Å². The van der Waals surface area contributed by atoms with Gasteiger partial charge < -0.3 is 15.6 Å². The van der Waals surface area contributed by atoms with Gasteiger partial charge in [0.2, 0.25) is 0 Å². The van der Waals surface area contributed by atoms with Gasteiger partial charge in [-0.05, 0) is 63.8 Å². The molecule has 2 aromatic carbocycles. The first kappa shape index (κ1) is 19.5. The lowest BCUT2D eigenvalue weighted by atomic mass is 10.1. The molecule has 0 atom stereocenters. The lowest BCUT2D eigenvalue weighted by Crippen LogP contribution is -2.19. The normalized spacial score (nSPS) is 10.6. The maximum absolute atomic E-state index is 12.6. The molecule has 2 heterocycles. The summed E-state index contributed by atoms with van der Waals surface area (Å²) in [6.45, 7) is 0. The van der Waals surface area contributed by atoms with E-state index in [0.29, 0.717) is 27.8 Å². The van der Waals surface area contributed by atoms with E-state index in [1.807, 2.05) is 0 Å². The van der Waals surface area contributed by atoms with E-state index in [2.05, 4.69) is 36.5 Å². The third-order valence-corrected chi connectivity index (χ3v) is 4.82. The van der Waals surface area contributed by atoms with Crippen LogP contribution in [0, 0.1) is 0 Å². The number of rotatable bonds is 4. The average Bonchev–Trinajstić information content (AvgIpc) is 2.75. The molecule has 7 nitrogen and oxygen atoms in total. The summed E-state index contributed by atoms with van der Waals surface area (Å²) >= 11 is 3.29. The summed E-state index contributed by atoms with van der Waals surface area (Å²) in [5.41, 5.74) is 0.566. The van der Waals surface area contributed by atoms with E-state index in [1.165, 1.54) is 0 Å². The zero-order chi connectivity index (χ0) is 21.1. The molecule has 0 saturated heterocycles. The van der Waals surface area contributed by atoms with Gasteiger partial charge in [-0.2, -0.15) is 0 Å². The molecule has 0 spiro atoms. The van der Waals surface area contributed by atoms with E-state index in [9.17, 15) is 14.4 Å². The minimum absolute atomic E-state index is 0.132. The summed E-state index contributed by atoms with van der Waals surface area (Å²) in [6.07, 6.45) is 1.58. The van der Waals surface area contributed by atoms with E-state index in [0.717, 1.165) is 4.47 Å². The molecule has 0 unspecified atom stereocenters. The number of carbonyl (C=O) groups excluding carboxylic acids is 2. The fourth-order valence-corrected chi connectivity index (χ4v) is 3.14. The summed E-state index contributed by atoms with van der Waals surface area (Å²) in [4.78, 5) is 44.0. The Morgan fingerprint density at radius 2 is 1.73 bits per heavy atom. The second-order valence-electron chi connectivity index (χ2n) is 6.45. The van der Waals surface area contributed by atoms with Crippen LogP contribution in [0.5, 0.6) is 0 Å². The standard InChI is InChI=1S/C22H15BrN4O3/c23-15-8-9-19(24-12-15)27-20(28)14-5-3-6-16(10-14)25-22(30)18-11-13-4-1-2-7-17(13)21(29)26-18/h1-12H,(H,25,30)(H,26,29)(H,24,27,28). The molecule has 2 amide bonds. The van der Waals surface area contributed by atoms with Crippen molar-refractivity contribution in [2.45, 2.75) is 0 Å². The van der Waals surface area contributed by atoms with Gasteiger partial charge in [0.15, 0.2) is 0 Å². The fourth-order valence-electron chi connectivity index (χ4n) is 2.91. The highest BCUT2D eigenvalue weighted by Crippen LogP contribution is 2.16. The van der Waals surface area contributed by atoms with Gasteiger partial charge >= 0.3 is 0 Å². The largest absolute Gasteiger partial charge is 0.321 e. The molecular weight excluding hydrogens is 448 g/mol. The van der Waals surface area contributed by atoms with Crippen LogP contribution in [0.25, 0.3) is 10.8 Å². The minimum Gasteiger partial charge on any atom is -0.321 e. The summed E-state index contributed by atoms with van der Waals surface area (Å²) in [5.74, 6) is -0.434. The molecule has 0 bridgehead atoms. The maximum Gasteiger partial charge on any atom is 0.272 e. The average molecular weight is 463 g/mol. The van der Waals surface area contributed by atoms with Gasteiger partial charge in [-0.25, -0.2) is 4.98 Å². The highest BCUT2D eigenvalue weighted by atomic mass is 79.9. The molecule has 8 heteroatoms. The second-order valence-corrected chi connectivity index (χ2v) is 7.37. The van der Waals surface area contributed by atoms with Gasteiger partial charge in [0, 0.05) is 27.3 Å². The van der Waals surface area contributed by atoms with Crippen LogP contribution in [0.4, 0.5) is 11.5 Å². The Bertz CT molecular complexity index is 1320. The first-order valence-corrected chi connectivity index (χ1v) is 9.75. The zero-order valence-corrected chi connectivity index (χ0v) is 17.1. The number of fused-ring (bicyclic) bond motifs is 1. The lowest BCUT2D eigenvalue weighted by Gasteiger charge is -2.09. The van der Waals surface area contributed by atoms with E-state index >= 15 is 0 Å². The first-order chi connectivity index (χ1) is 14.5. The van der Waals surface area contributed by atoms with Crippen molar-refractivity contribution < 1.29 is 9.59 Å². The Balaban J connectivity index is 1.53. The van der Waals surface area contributed by atoms with Crippen LogP contribution in [0.15, 0.2) is 82.2 Å². The molecule has 30 heavy (non-hydrogen) atoms. The van der Waals surface area contributed by atoms with Crippen LogP contribution in [0.2, 0.25) is 0 Å². The van der Waals surface area contributed by atoms with E-state index in [1.54, 1.807) is 72.9 Å². The van der Waals surface area contributed by atoms with Gasteiger partial charge in [-0.15, -0.1) is 0 Å². The molecule has 0 aliphatic heterocycles. The molecule has 4 rings (SSSR count). The van der Waals surface area contributed by atoms with Gasteiger partial charge in [-0.1, -0.05) is 24.3 Å². The number of anilines is 2. The first-order valence-electron chi connectivity index (χ1n) is 8.96. The van der Waals surface area contributed by atoms with Crippen molar-refractivity contribution in [3.63, 3.8) is 0 Å². The summed E-state index contributed by atoms with van der Waals surface area (Å²) in [6, 6.07) is 18.6. The van der Waals surface area contributed by atoms with E-state index in [-0.39, 0.29) is 17.2 Å². The van der Waals surface area contributed by atoms with Crippen molar-refractivity contribution in [3.8, 4) is 0 Å². The molecule has 3 N–H and O–H groups in total. The molecule has 0 fully saturated rings. The van der Waals surface area contributed by atoms with Gasteiger partial charge in [0.1, 0.15) is 11.5 Å². The smallest absolute Gasteiger partial charge is 0.272 e. The lowest BCUT2D eigenvalue weighted by molar-refractivity contribution is 0.101. The number of aromatic amines is 1. The molecule has 0 radical (unpaired) electrons. The van der Waals surface area contributed by atoms with Crippen molar-refractivity contribution >= 4 is 50.0 Å². The predicted molar refractivity (Wildman–Crippen MR) is 119 cm³/mol. The number of amides is 2. The van der Waals surface area contributed by atoms with Gasteiger partial charge in [-0.3, -0.25) is 14.4 Å². The zero-order valence-electron chi connectivity index (χ0n) is 15.5. The fraction of sp³-hybridized carbons (Fsp3) is 0. The number of halogens is 1. The number of nitrogens with one attached hydrogen (secondary N) is 3. The number of hydrogen-bond donors (Lipinski definition) is 3. The maximum atomic E-state index is 12.6. The Morgan fingerprint density at radius 3 is 2.53 bits per heavy atom. The Hall–Kier alpha value is -3.78. The third-order valence-electron chi connectivity index (χ3n) is 4.35. The molecule has 0 saturated carbocycles. The number of nitrogens with zero attached hydrogens (tertiary/aromatic N) is 1. The molecule has 0 aliphatic rings. The number of aromatic nitrogens is 2. The van der Waals surface area contributed by atoms with Crippen molar-refractivity contribution in [2.75, 3.05) is 10.6 Å². The minimum atomic E-state index is -0.481. The number of pyridine rings is 2. The highest BCUT2D eigenvalue weighted by Gasteiger charge is 2.12. The SMILES string of the molecule is O=C(Nc1ccc(Br)cn1)c1cccc(NC(=O)c2cc3ccccc3c(=O)[nH]2)c1. The summed E-state index contributed by atoms with van der Waals surface area (Å²) < 4.78 is 0.803. The van der Waals surface area contributed by atoms with E-state index < -0.39 is 5.91 Å². The Labute approximate surface area is 179 Å². The molecule has 4 aromatic rings. The highest BCUT2D eigenvalue weighted by molar-refractivity contribution is 9.10. The topological polar surface area (TPSA) is 104 Å².